The van der Waals surface area contributed by atoms with Crippen LogP contribution in [0.2, 0.25) is 0 Å². The summed E-state index contributed by atoms with van der Waals surface area (Å²) in [5.41, 5.74) is 0. The molecule has 0 saturated carbocycles. The van der Waals surface area contributed by atoms with Crippen LogP contribution in [0.1, 0.15) is 33.6 Å². The maximum atomic E-state index is 13.0. The van der Waals surface area contributed by atoms with E-state index in [1.165, 1.54) is 6.92 Å². The number of halogens is 7. The highest BCUT2D eigenvalue weighted by Gasteiger charge is 2.72. The number of ether oxygens (including phenoxy) is 1. The van der Waals surface area contributed by atoms with E-state index >= 15 is 0 Å². The van der Waals surface area contributed by atoms with Crippen LogP contribution in [0.25, 0.3) is 0 Å². The largest absolute Gasteiger partial charge is 0.462 e. The number of hydrogen-bond acceptors (Lipinski definition) is 3. The van der Waals surface area contributed by atoms with Crippen molar-refractivity contribution in [2.75, 3.05) is 5.75 Å². The lowest BCUT2D eigenvalue weighted by molar-refractivity contribution is -0.355. The lowest BCUT2D eigenvalue weighted by Crippen LogP contribution is -2.51. The maximum Gasteiger partial charge on any atom is 0.459 e. The Labute approximate surface area is 127 Å². The maximum absolute atomic E-state index is 13.0. The van der Waals surface area contributed by atoms with Crippen LogP contribution >= 0.6 is 11.8 Å². The van der Waals surface area contributed by atoms with E-state index in [1.54, 1.807) is 13.8 Å². The minimum absolute atomic E-state index is 0.169. The normalized spacial score (nSPS) is 15.0. The number of alkyl halides is 7. The van der Waals surface area contributed by atoms with E-state index < -0.39 is 42.1 Å². The first-order valence-electron chi connectivity index (χ1n) is 6.37. The fourth-order valence-corrected chi connectivity index (χ4v) is 2.17. The highest BCUT2D eigenvalue weighted by atomic mass is 32.2. The van der Waals surface area contributed by atoms with E-state index in [1.807, 2.05) is 0 Å². The Morgan fingerprint density at radius 1 is 1.05 bits per heavy atom. The van der Waals surface area contributed by atoms with E-state index in [0.29, 0.717) is 0 Å². The van der Waals surface area contributed by atoms with Gasteiger partial charge in [-0.25, -0.2) is 0 Å². The summed E-state index contributed by atoms with van der Waals surface area (Å²) in [5.74, 6) is -12.0. The summed E-state index contributed by atoms with van der Waals surface area (Å²) in [5, 5.41) is -0.723. The van der Waals surface area contributed by atoms with Crippen molar-refractivity contribution >= 4 is 17.7 Å². The van der Waals surface area contributed by atoms with Crippen molar-refractivity contribution in [1.29, 1.82) is 0 Å². The number of thioether (sulfide) groups is 1. The number of carbonyl (C=O) groups excluding carboxylic acids is 1. The molecule has 0 aromatic rings. The SMILES string of the molecule is CC(C)OC(=O)C(C)SCCCC(F)(F)C(F)(F)C(F)(F)F. The van der Waals surface area contributed by atoms with Gasteiger partial charge in [0.05, 0.1) is 11.4 Å². The standard InChI is InChI=1S/C12H17F7O2S/c1-7(2)21-9(20)8(3)22-6-4-5-10(13,14)11(15,16)12(17,18)19/h7-8H,4-6H2,1-3H3. The summed E-state index contributed by atoms with van der Waals surface area (Å²) in [6, 6.07) is 0. The van der Waals surface area contributed by atoms with Crippen LogP contribution in [0.3, 0.4) is 0 Å². The monoisotopic (exact) mass is 358 g/mol. The van der Waals surface area contributed by atoms with Gasteiger partial charge in [0.2, 0.25) is 0 Å². The second kappa shape index (κ2) is 7.74. The Balaban J connectivity index is 4.33. The molecule has 0 aromatic heterocycles. The van der Waals surface area contributed by atoms with Crippen molar-refractivity contribution in [1.82, 2.24) is 0 Å². The molecule has 0 aliphatic carbocycles. The molecule has 0 aromatic carbocycles. The van der Waals surface area contributed by atoms with Gasteiger partial charge >= 0.3 is 24.0 Å². The summed E-state index contributed by atoms with van der Waals surface area (Å²) in [6.45, 7) is 4.64. The van der Waals surface area contributed by atoms with Gasteiger partial charge in [-0.1, -0.05) is 0 Å². The fourth-order valence-electron chi connectivity index (χ4n) is 1.31. The fraction of sp³-hybridized carbons (Fsp3) is 0.917. The third-order valence-corrected chi connectivity index (χ3v) is 3.72. The van der Waals surface area contributed by atoms with Crippen LogP contribution in [-0.2, 0) is 9.53 Å². The zero-order valence-corrected chi connectivity index (χ0v) is 13.0. The average Bonchev–Trinajstić information content (AvgIpc) is 2.31. The third kappa shape index (κ3) is 5.85. The molecule has 0 radical (unpaired) electrons. The van der Waals surface area contributed by atoms with Gasteiger partial charge in [0.1, 0.15) is 0 Å². The van der Waals surface area contributed by atoms with Gasteiger partial charge in [-0.15, -0.1) is 11.8 Å². The van der Waals surface area contributed by atoms with Crippen LogP contribution < -0.4 is 0 Å². The topological polar surface area (TPSA) is 26.3 Å². The van der Waals surface area contributed by atoms with Gasteiger partial charge in [-0.2, -0.15) is 30.7 Å². The van der Waals surface area contributed by atoms with Gasteiger partial charge in [0.15, 0.2) is 0 Å². The molecule has 1 atom stereocenters. The molecule has 22 heavy (non-hydrogen) atoms. The van der Waals surface area contributed by atoms with Gasteiger partial charge in [-0.3, -0.25) is 4.79 Å². The Kier molecular flexibility index (Phi) is 7.50. The molecule has 0 aliphatic heterocycles. The number of esters is 1. The first kappa shape index (κ1) is 21.3. The number of carbonyl (C=O) groups is 1. The lowest BCUT2D eigenvalue weighted by Gasteiger charge is -2.28. The van der Waals surface area contributed by atoms with E-state index in [2.05, 4.69) is 0 Å². The van der Waals surface area contributed by atoms with E-state index in [9.17, 15) is 35.5 Å². The lowest BCUT2D eigenvalue weighted by atomic mass is 10.1. The summed E-state index contributed by atoms with van der Waals surface area (Å²) >= 11 is 0.851. The summed E-state index contributed by atoms with van der Waals surface area (Å²) in [7, 11) is 0. The molecule has 0 saturated heterocycles. The molecular formula is C12H17F7O2S. The highest BCUT2D eigenvalue weighted by molar-refractivity contribution is 8.00. The van der Waals surface area contributed by atoms with Gasteiger partial charge in [-0.05, 0) is 32.9 Å². The van der Waals surface area contributed by atoms with E-state index in [4.69, 9.17) is 4.74 Å². The molecule has 0 spiro atoms. The predicted molar refractivity (Wildman–Crippen MR) is 68.3 cm³/mol. The number of hydrogen-bond donors (Lipinski definition) is 0. The molecule has 2 nitrogen and oxygen atoms in total. The van der Waals surface area contributed by atoms with Crippen molar-refractivity contribution in [3.05, 3.63) is 0 Å². The van der Waals surface area contributed by atoms with Crippen LogP contribution in [0.15, 0.2) is 0 Å². The molecule has 10 heteroatoms. The summed E-state index contributed by atoms with van der Waals surface area (Å²) in [6.07, 6.45) is -8.90. The minimum Gasteiger partial charge on any atom is -0.462 e. The van der Waals surface area contributed by atoms with Crippen molar-refractivity contribution in [3.63, 3.8) is 0 Å². The van der Waals surface area contributed by atoms with Gasteiger partial charge in [0, 0.05) is 6.42 Å². The van der Waals surface area contributed by atoms with Crippen molar-refractivity contribution < 1.29 is 40.3 Å². The quantitative estimate of drug-likeness (QED) is 0.358. The Morgan fingerprint density at radius 3 is 1.95 bits per heavy atom. The first-order valence-corrected chi connectivity index (χ1v) is 7.41. The van der Waals surface area contributed by atoms with Crippen molar-refractivity contribution in [2.45, 2.75) is 63.0 Å². The zero-order chi connectivity index (χ0) is 17.8. The Morgan fingerprint density at radius 2 is 1.55 bits per heavy atom. The summed E-state index contributed by atoms with van der Waals surface area (Å²) < 4.78 is 91.7. The summed E-state index contributed by atoms with van der Waals surface area (Å²) in [4.78, 5) is 11.4. The first-order chi connectivity index (χ1) is 9.72. The second-order valence-corrected chi connectivity index (χ2v) is 6.33. The van der Waals surface area contributed by atoms with E-state index in [0.717, 1.165) is 11.8 Å². The molecule has 0 rings (SSSR count). The third-order valence-electron chi connectivity index (χ3n) is 2.50. The highest BCUT2D eigenvalue weighted by Crippen LogP contribution is 2.48. The zero-order valence-electron chi connectivity index (χ0n) is 12.1. The van der Waals surface area contributed by atoms with Crippen LogP contribution in [0.5, 0.6) is 0 Å². The molecule has 0 N–H and O–H groups in total. The Bertz CT molecular complexity index is 369. The van der Waals surface area contributed by atoms with Crippen LogP contribution in [-0.4, -0.2) is 41.1 Å². The van der Waals surface area contributed by atoms with Crippen LogP contribution in [0.4, 0.5) is 30.7 Å². The molecule has 0 fully saturated rings. The molecule has 0 aliphatic rings. The average molecular weight is 358 g/mol. The molecule has 132 valence electrons. The van der Waals surface area contributed by atoms with E-state index in [-0.39, 0.29) is 11.9 Å². The molecule has 0 heterocycles. The Hall–Kier alpha value is -0.670. The molecule has 1 unspecified atom stereocenters. The second-order valence-electron chi connectivity index (χ2n) is 4.88. The smallest absolute Gasteiger partial charge is 0.459 e. The van der Waals surface area contributed by atoms with Gasteiger partial charge < -0.3 is 4.74 Å². The van der Waals surface area contributed by atoms with Crippen molar-refractivity contribution in [2.24, 2.45) is 0 Å². The van der Waals surface area contributed by atoms with Crippen LogP contribution in [0, 0.1) is 0 Å². The number of rotatable bonds is 8. The predicted octanol–water partition coefficient (Wildman–Crippen LogP) is 4.67. The van der Waals surface area contributed by atoms with Gasteiger partial charge in [0.25, 0.3) is 0 Å². The molecule has 0 bridgehead atoms. The molecular weight excluding hydrogens is 341 g/mol. The van der Waals surface area contributed by atoms with Crippen molar-refractivity contribution in [3.8, 4) is 0 Å². The molecule has 0 amide bonds. The minimum atomic E-state index is -6.31.